The lowest BCUT2D eigenvalue weighted by molar-refractivity contribution is 0.0954. The zero-order valence-corrected chi connectivity index (χ0v) is 14.3. The summed E-state index contributed by atoms with van der Waals surface area (Å²) >= 11 is 0. The number of hydrazone groups is 1. The Morgan fingerprint density at radius 3 is 2.33 bits per heavy atom. The SMILES string of the molecule is CCCCC/C(=N\NC(=O)c1ccc(OC)cc1)c1ccccc1. The van der Waals surface area contributed by atoms with Crippen LogP contribution in [0.2, 0.25) is 0 Å². The molecule has 126 valence electrons. The number of ether oxygens (including phenoxy) is 1. The molecule has 0 aromatic heterocycles. The highest BCUT2D eigenvalue weighted by Crippen LogP contribution is 2.12. The fraction of sp³-hybridized carbons (Fsp3) is 0.300. The number of rotatable bonds is 8. The van der Waals surface area contributed by atoms with Gasteiger partial charge in [-0.05, 0) is 42.7 Å². The molecule has 4 nitrogen and oxygen atoms in total. The van der Waals surface area contributed by atoms with Crippen LogP contribution in [0.15, 0.2) is 59.7 Å². The first-order chi connectivity index (χ1) is 11.7. The molecule has 0 saturated carbocycles. The molecule has 0 atom stereocenters. The van der Waals surface area contributed by atoms with Crippen LogP contribution in [0.3, 0.4) is 0 Å². The molecule has 0 spiro atoms. The van der Waals surface area contributed by atoms with E-state index in [1.165, 1.54) is 0 Å². The largest absolute Gasteiger partial charge is 0.497 e. The third kappa shape index (κ3) is 5.23. The molecule has 0 radical (unpaired) electrons. The maximum atomic E-state index is 12.3. The van der Waals surface area contributed by atoms with Crippen molar-refractivity contribution >= 4 is 11.6 Å². The Balaban J connectivity index is 2.08. The summed E-state index contributed by atoms with van der Waals surface area (Å²) in [5.74, 6) is 0.501. The van der Waals surface area contributed by atoms with Crippen molar-refractivity contribution in [2.45, 2.75) is 32.6 Å². The first-order valence-electron chi connectivity index (χ1n) is 8.31. The molecule has 24 heavy (non-hydrogen) atoms. The molecule has 4 heteroatoms. The normalized spacial score (nSPS) is 11.2. The maximum absolute atomic E-state index is 12.3. The first kappa shape index (κ1) is 17.7. The summed E-state index contributed by atoms with van der Waals surface area (Å²) in [6, 6.07) is 16.9. The number of amides is 1. The first-order valence-corrected chi connectivity index (χ1v) is 8.31. The van der Waals surface area contributed by atoms with E-state index >= 15 is 0 Å². The molecule has 2 aromatic rings. The Morgan fingerprint density at radius 2 is 1.71 bits per heavy atom. The number of carbonyl (C=O) groups is 1. The van der Waals surface area contributed by atoms with Crippen molar-refractivity contribution in [1.82, 2.24) is 5.43 Å². The summed E-state index contributed by atoms with van der Waals surface area (Å²) < 4.78 is 5.10. The molecule has 2 rings (SSSR count). The van der Waals surface area contributed by atoms with Gasteiger partial charge < -0.3 is 4.74 Å². The Labute approximate surface area is 143 Å². The number of hydrogen-bond acceptors (Lipinski definition) is 3. The Kier molecular flexibility index (Phi) is 7.02. The highest BCUT2D eigenvalue weighted by atomic mass is 16.5. The maximum Gasteiger partial charge on any atom is 0.271 e. The average Bonchev–Trinajstić information content (AvgIpc) is 2.65. The van der Waals surface area contributed by atoms with Gasteiger partial charge in [0.1, 0.15) is 5.75 Å². The topological polar surface area (TPSA) is 50.7 Å². The quantitative estimate of drug-likeness (QED) is 0.444. The zero-order valence-electron chi connectivity index (χ0n) is 14.3. The van der Waals surface area contributed by atoms with Gasteiger partial charge in [-0.2, -0.15) is 5.10 Å². The zero-order chi connectivity index (χ0) is 17.2. The van der Waals surface area contributed by atoms with E-state index in [2.05, 4.69) is 17.5 Å². The minimum Gasteiger partial charge on any atom is -0.497 e. The minimum atomic E-state index is -0.221. The summed E-state index contributed by atoms with van der Waals surface area (Å²) in [7, 11) is 1.60. The molecule has 0 saturated heterocycles. The number of methoxy groups -OCH3 is 1. The van der Waals surface area contributed by atoms with Crippen molar-refractivity contribution in [1.29, 1.82) is 0 Å². The summed E-state index contributed by atoms with van der Waals surface area (Å²) in [6.07, 6.45) is 4.21. The third-order valence-electron chi connectivity index (χ3n) is 3.77. The van der Waals surface area contributed by atoms with Crippen LogP contribution in [-0.2, 0) is 0 Å². The summed E-state index contributed by atoms with van der Waals surface area (Å²) in [5, 5.41) is 4.37. The van der Waals surface area contributed by atoms with Crippen LogP contribution in [-0.4, -0.2) is 18.7 Å². The van der Waals surface area contributed by atoms with Gasteiger partial charge in [0, 0.05) is 5.56 Å². The summed E-state index contributed by atoms with van der Waals surface area (Å²) in [6.45, 7) is 2.17. The van der Waals surface area contributed by atoms with Crippen molar-refractivity contribution in [3.05, 3.63) is 65.7 Å². The summed E-state index contributed by atoms with van der Waals surface area (Å²) in [4.78, 5) is 12.3. The van der Waals surface area contributed by atoms with Crippen molar-refractivity contribution in [2.75, 3.05) is 7.11 Å². The number of unbranched alkanes of at least 4 members (excludes halogenated alkanes) is 2. The molecule has 0 aliphatic carbocycles. The van der Waals surface area contributed by atoms with Crippen molar-refractivity contribution in [2.24, 2.45) is 5.10 Å². The van der Waals surface area contributed by atoms with Crippen molar-refractivity contribution < 1.29 is 9.53 Å². The molecular formula is C20H24N2O2. The van der Waals surface area contributed by atoms with E-state index in [0.717, 1.165) is 42.7 Å². The number of carbonyl (C=O) groups excluding carboxylic acids is 1. The highest BCUT2D eigenvalue weighted by molar-refractivity contribution is 6.02. The van der Waals surface area contributed by atoms with E-state index in [1.54, 1.807) is 31.4 Å². The van der Waals surface area contributed by atoms with Crippen LogP contribution in [0, 0.1) is 0 Å². The fourth-order valence-corrected chi connectivity index (χ4v) is 2.36. The van der Waals surface area contributed by atoms with Crippen LogP contribution >= 0.6 is 0 Å². The summed E-state index contributed by atoms with van der Waals surface area (Å²) in [5.41, 5.74) is 5.18. The molecule has 0 aliphatic rings. The molecule has 2 aromatic carbocycles. The highest BCUT2D eigenvalue weighted by Gasteiger charge is 2.07. The van der Waals surface area contributed by atoms with Crippen LogP contribution in [0.25, 0.3) is 0 Å². The lowest BCUT2D eigenvalue weighted by Crippen LogP contribution is -2.20. The second-order valence-corrected chi connectivity index (χ2v) is 5.55. The van der Waals surface area contributed by atoms with Crippen LogP contribution in [0.5, 0.6) is 5.75 Å². The molecule has 0 unspecified atom stereocenters. The second kappa shape index (κ2) is 9.50. The van der Waals surface area contributed by atoms with E-state index in [0.29, 0.717) is 5.56 Å². The van der Waals surface area contributed by atoms with Crippen LogP contribution in [0.4, 0.5) is 0 Å². The molecule has 0 fully saturated rings. The van der Waals surface area contributed by atoms with Crippen LogP contribution < -0.4 is 10.2 Å². The van der Waals surface area contributed by atoms with Crippen LogP contribution in [0.1, 0.15) is 48.5 Å². The van der Waals surface area contributed by atoms with Gasteiger partial charge >= 0.3 is 0 Å². The van der Waals surface area contributed by atoms with Gasteiger partial charge in [0.05, 0.1) is 12.8 Å². The molecule has 0 bridgehead atoms. The van der Waals surface area contributed by atoms with Gasteiger partial charge in [-0.1, -0.05) is 50.1 Å². The standard InChI is InChI=1S/C20H24N2O2/c1-3-4-6-11-19(16-9-7-5-8-10-16)21-22-20(23)17-12-14-18(24-2)15-13-17/h5,7-10,12-15H,3-4,6,11H2,1-2H3,(H,22,23)/b21-19+. The Morgan fingerprint density at radius 1 is 1.00 bits per heavy atom. The molecule has 0 heterocycles. The van der Waals surface area contributed by atoms with Gasteiger partial charge in [-0.15, -0.1) is 0 Å². The van der Waals surface area contributed by atoms with Crippen molar-refractivity contribution in [3.8, 4) is 5.75 Å². The second-order valence-electron chi connectivity index (χ2n) is 5.55. The van der Waals surface area contributed by atoms with Gasteiger partial charge in [0.2, 0.25) is 0 Å². The van der Waals surface area contributed by atoms with E-state index in [1.807, 2.05) is 30.3 Å². The van der Waals surface area contributed by atoms with E-state index in [4.69, 9.17) is 4.74 Å². The monoisotopic (exact) mass is 324 g/mol. The molecule has 1 amide bonds. The fourth-order valence-electron chi connectivity index (χ4n) is 2.36. The lowest BCUT2D eigenvalue weighted by Gasteiger charge is -2.08. The van der Waals surface area contributed by atoms with Gasteiger partial charge in [0.25, 0.3) is 5.91 Å². The number of hydrogen-bond donors (Lipinski definition) is 1. The number of nitrogens with one attached hydrogen (secondary N) is 1. The molecule has 0 aliphatic heterocycles. The number of nitrogens with zero attached hydrogens (tertiary/aromatic N) is 1. The van der Waals surface area contributed by atoms with E-state index in [9.17, 15) is 4.79 Å². The van der Waals surface area contributed by atoms with Crippen molar-refractivity contribution in [3.63, 3.8) is 0 Å². The van der Waals surface area contributed by atoms with Gasteiger partial charge in [0.15, 0.2) is 0 Å². The minimum absolute atomic E-state index is 0.221. The number of benzene rings is 2. The molecule has 1 N–H and O–H groups in total. The predicted molar refractivity (Wildman–Crippen MR) is 97.6 cm³/mol. The predicted octanol–water partition coefficient (Wildman–Crippen LogP) is 4.41. The smallest absolute Gasteiger partial charge is 0.271 e. The molecular weight excluding hydrogens is 300 g/mol. The van der Waals surface area contributed by atoms with Gasteiger partial charge in [-0.3, -0.25) is 4.79 Å². The Hall–Kier alpha value is -2.62. The van der Waals surface area contributed by atoms with Gasteiger partial charge in [-0.25, -0.2) is 5.43 Å². The van der Waals surface area contributed by atoms with E-state index in [-0.39, 0.29) is 5.91 Å². The Bertz CT molecular complexity index is 664. The third-order valence-corrected chi connectivity index (χ3v) is 3.77. The lowest BCUT2D eigenvalue weighted by atomic mass is 10.0. The average molecular weight is 324 g/mol. The van der Waals surface area contributed by atoms with E-state index < -0.39 is 0 Å².